The van der Waals surface area contributed by atoms with Gasteiger partial charge in [0.2, 0.25) is 0 Å². The Kier molecular flexibility index (Phi) is 6.68. The molecule has 2 atom stereocenters. The Morgan fingerprint density at radius 2 is 1.19 bits per heavy atom. The first-order chi connectivity index (χ1) is 10.2. The van der Waals surface area contributed by atoms with E-state index in [0.717, 1.165) is 19.3 Å². The standard InChI is InChI=1S/C16H32O4Si/c1-17-13-10-14(18-2)12-16(11-13)21(19-3,20-4)15-8-6-5-7-9-15/h13-16H,5-12H2,1-4H3. The fourth-order valence-electron chi connectivity index (χ4n) is 4.52. The van der Waals surface area contributed by atoms with Gasteiger partial charge in [-0.2, -0.15) is 0 Å². The quantitative estimate of drug-likeness (QED) is 0.701. The summed E-state index contributed by atoms with van der Waals surface area (Å²) >= 11 is 0. The van der Waals surface area contributed by atoms with Crippen LogP contribution in [0.4, 0.5) is 0 Å². The van der Waals surface area contributed by atoms with Gasteiger partial charge in [-0.1, -0.05) is 19.3 Å². The number of hydrogen-bond donors (Lipinski definition) is 0. The first-order valence-electron chi connectivity index (χ1n) is 8.36. The Labute approximate surface area is 130 Å². The van der Waals surface area contributed by atoms with Gasteiger partial charge in [0, 0.05) is 39.5 Å². The molecule has 0 aromatic heterocycles. The minimum absolute atomic E-state index is 0.273. The van der Waals surface area contributed by atoms with Crippen LogP contribution in [0.1, 0.15) is 51.4 Å². The van der Waals surface area contributed by atoms with E-state index in [1.54, 1.807) is 0 Å². The molecule has 2 rings (SSSR count). The van der Waals surface area contributed by atoms with Crippen molar-refractivity contribution in [3.63, 3.8) is 0 Å². The second-order valence-electron chi connectivity index (χ2n) is 6.58. The molecule has 0 amide bonds. The monoisotopic (exact) mass is 316 g/mol. The molecule has 2 fully saturated rings. The molecule has 5 heteroatoms. The van der Waals surface area contributed by atoms with Crippen molar-refractivity contribution in [2.24, 2.45) is 0 Å². The number of rotatable bonds is 6. The summed E-state index contributed by atoms with van der Waals surface area (Å²) in [4.78, 5) is 0. The van der Waals surface area contributed by atoms with Gasteiger partial charge in [-0.15, -0.1) is 0 Å². The van der Waals surface area contributed by atoms with Crippen LogP contribution in [0.25, 0.3) is 0 Å². The molecule has 0 heterocycles. The van der Waals surface area contributed by atoms with Gasteiger partial charge in [-0.3, -0.25) is 0 Å². The zero-order chi connectivity index (χ0) is 15.3. The van der Waals surface area contributed by atoms with Crippen LogP contribution in [0, 0.1) is 0 Å². The van der Waals surface area contributed by atoms with Gasteiger partial charge in [-0.25, -0.2) is 0 Å². The molecule has 21 heavy (non-hydrogen) atoms. The van der Waals surface area contributed by atoms with Crippen LogP contribution < -0.4 is 0 Å². The molecule has 0 bridgehead atoms. The summed E-state index contributed by atoms with van der Waals surface area (Å²) in [5.41, 5.74) is 1.10. The van der Waals surface area contributed by atoms with E-state index in [4.69, 9.17) is 18.3 Å². The third kappa shape index (κ3) is 3.70. The fraction of sp³-hybridized carbons (Fsp3) is 1.00. The van der Waals surface area contributed by atoms with E-state index in [-0.39, 0.29) is 12.2 Å². The predicted molar refractivity (Wildman–Crippen MR) is 85.8 cm³/mol. The van der Waals surface area contributed by atoms with Gasteiger partial charge < -0.3 is 18.3 Å². The normalized spacial score (nSPS) is 32.3. The number of hydrogen-bond acceptors (Lipinski definition) is 4. The highest BCUT2D eigenvalue weighted by molar-refractivity contribution is 6.70. The largest absolute Gasteiger partial charge is 0.397 e. The van der Waals surface area contributed by atoms with Crippen LogP contribution in [-0.4, -0.2) is 49.2 Å². The van der Waals surface area contributed by atoms with Crippen LogP contribution in [-0.2, 0) is 18.3 Å². The highest BCUT2D eigenvalue weighted by Gasteiger charge is 2.53. The minimum Gasteiger partial charge on any atom is -0.397 e. The lowest BCUT2D eigenvalue weighted by Crippen LogP contribution is -2.53. The van der Waals surface area contributed by atoms with Crippen molar-refractivity contribution in [1.82, 2.24) is 0 Å². The van der Waals surface area contributed by atoms with Crippen LogP contribution >= 0.6 is 0 Å². The van der Waals surface area contributed by atoms with E-state index in [9.17, 15) is 0 Å². The third-order valence-electron chi connectivity index (χ3n) is 5.67. The molecule has 0 saturated heterocycles. The summed E-state index contributed by atoms with van der Waals surface area (Å²) in [5, 5.41) is 0. The second kappa shape index (κ2) is 8.06. The van der Waals surface area contributed by atoms with E-state index in [0.29, 0.717) is 11.1 Å². The Morgan fingerprint density at radius 1 is 0.667 bits per heavy atom. The zero-order valence-electron chi connectivity index (χ0n) is 14.1. The SMILES string of the molecule is COC1CC(OC)CC([Si](OC)(OC)C2CCCCC2)C1. The highest BCUT2D eigenvalue weighted by Crippen LogP contribution is 2.49. The Balaban J connectivity index is 2.18. The molecule has 124 valence electrons. The first-order valence-corrected chi connectivity index (χ1v) is 10.3. The molecule has 0 radical (unpaired) electrons. The lowest BCUT2D eigenvalue weighted by atomic mass is 9.94. The highest BCUT2D eigenvalue weighted by atomic mass is 28.4. The van der Waals surface area contributed by atoms with Crippen LogP contribution in [0.5, 0.6) is 0 Å². The molecule has 2 aliphatic rings. The molecule has 2 unspecified atom stereocenters. The van der Waals surface area contributed by atoms with Crippen molar-refractivity contribution in [3.8, 4) is 0 Å². The Bertz CT molecular complexity index is 291. The summed E-state index contributed by atoms with van der Waals surface area (Å²) in [7, 11) is 5.13. The van der Waals surface area contributed by atoms with Gasteiger partial charge in [0.1, 0.15) is 0 Å². The maximum atomic E-state index is 6.16. The van der Waals surface area contributed by atoms with Gasteiger partial charge in [0.05, 0.1) is 12.2 Å². The third-order valence-corrected chi connectivity index (χ3v) is 10.3. The van der Waals surface area contributed by atoms with Crippen molar-refractivity contribution in [2.45, 2.75) is 74.7 Å². The first kappa shape index (κ1) is 17.4. The van der Waals surface area contributed by atoms with E-state index in [2.05, 4.69) is 0 Å². The molecule has 0 aromatic rings. The van der Waals surface area contributed by atoms with Crippen LogP contribution in [0.3, 0.4) is 0 Å². The van der Waals surface area contributed by atoms with Crippen LogP contribution in [0.15, 0.2) is 0 Å². The summed E-state index contributed by atoms with van der Waals surface area (Å²) in [6.45, 7) is 0. The molecular formula is C16H32O4Si. The molecule has 2 saturated carbocycles. The van der Waals surface area contributed by atoms with Crippen molar-refractivity contribution in [3.05, 3.63) is 0 Å². The molecular weight excluding hydrogens is 284 g/mol. The van der Waals surface area contributed by atoms with E-state index in [1.165, 1.54) is 32.1 Å². The lowest BCUT2D eigenvalue weighted by molar-refractivity contribution is -0.0160. The van der Waals surface area contributed by atoms with Gasteiger partial charge >= 0.3 is 8.56 Å². The number of methoxy groups -OCH3 is 2. The molecule has 4 nitrogen and oxygen atoms in total. The van der Waals surface area contributed by atoms with Crippen molar-refractivity contribution >= 4 is 8.56 Å². The Hall–Kier alpha value is 0.0569. The molecule has 0 spiro atoms. The molecule has 0 aromatic carbocycles. The molecule has 0 aliphatic heterocycles. The van der Waals surface area contributed by atoms with Gasteiger partial charge in [0.15, 0.2) is 0 Å². The predicted octanol–water partition coefficient (Wildman–Crippen LogP) is 3.64. The van der Waals surface area contributed by atoms with Crippen molar-refractivity contribution in [2.75, 3.05) is 28.4 Å². The van der Waals surface area contributed by atoms with E-state index >= 15 is 0 Å². The average Bonchev–Trinajstić information content (AvgIpc) is 2.57. The minimum atomic E-state index is -2.22. The summed E-state index contributed by atoms with van der Waals surface area (Å²) in [6, 6.07) is 0. The van der Waals surface area contributed by atoms with Crippen molar-refractivity contribution in [1.29, 1.82) is 0 Å². The summed E-state index contributed by atoms with van der Waals surface area (Å²) in [5.74, 6) is 0. The zero-order valence-corrected chi connectivity index (χ0v) is 15.1. The maximum absolute atomic E-state index is 6.16. The second-order valence-corrected chi connectivity index (χ2v) is 10.5. The van der Waals surface area contributed by atoms with Crippen LogP contribution in [0.2, 0.25) is 11.1 Å². The van der Waals surface area contributed by atoms with Crippen molar-refractivity contribution < 1.29 is 18.3 Å². The number of ether oxygens (including phenoxy) is 2. The summed E-state index contributed by atoms with van der Waals surface area (Å²) in [6.07, 6.45) is 10.2. The Morgan fingerprint density at radius 3 is 1.62 bits per heavy atom. The average molecular weight is 317 g/mol. The van der Waals surface area contributed by atoms with E-state index < -0.39 is 8.56 Å². The van der Waals surface area contributed by atoms with Gasteiger partial charge in [-0.05, 0) is 32.1 Å². The molecule has 2 aliphatic carbocycles. The molecule has 0 N–H and O–H groups in total. The van der Waals surface area contributed by atoms with Gasteiger partial charge in [0.25, 0.3) is 0 Å². The smallest absolute Gasteiger partial charge is 0.344 e. The maximum Gasteiger partial charge on any atom is 0.344 e. The fourth-order valence-corrected chi connectivity index (χ4v) is 9.08. The summed E-state index contributed by atoms with van der Waals surface area (Å²) < 4.78 is 23.6. The van der Waals surface area contributed by atoms with E-state index in [1.807, 2.05) is 28.4 Å². The lowest BCUT2D eigenvalue weighted by Gasteiger charge is -2.46. The topological polar surface area (TPSA) is 36.9 Å².